The van der Waals surface area contributed by atoms with Gasteiger partial charge in [0.15, 0.2) is 0 Å². The number of fused-ring (bicyclic) bond motifs is 1. The molecule has 1 fully saturated rings. The maximum atomic E-state index is 12.9. The number of carbonyl (C=O) groups excluding carboxylic acids is 1. The van der Waals surface area contributed by atoms with Gasteiger partial charge in [0, 0.05) is 19.1 Å². The van der Waals surface area contributed by atoms with Crippen LogP contribution in [-0.2, 0) is 4.79 Å². The third kappa shape index (κ3) is 2.99. The summed E-state index contributed by atoms with van der Waals surface area (Å²) in [6.07, 6.45) is 6.16. The van der Waals surface area contributed by atoms with E-state index in [1.807, 2.05) is 24.3 Å². The van der Waals surface area contributed by atoms with Gasteiger partial charge in [-0.05, 0) is 31.9 Å². The molecule has 4 nitrogen and oxygen atoms in total. The molecule has 2 aliphatic rings. The van der Waals surface area contributed by atoms with Gasteiger partial charge < -0.3 is 15.5 Å². The van der Waals surface area contributed by atoms with E-state index >= 15 is 0 Å². The van der Waals surface area contributed by atoms with Gasteiger partial charge in [0.1, 0.15) is 6.04 Å². The van der Waals surface area contributed by atoms with Crippen LogP contribution in [0.1, 0.15) is 39.0 Å². The van der Waals surface area contributed by atoms with Gasteiger partial charge in [0.05, 0.1) is 11.4 Å². The van der Waals surface area contributed by atoms with Crippen molar-refractivity contribution in [1.29, 1.82) is 0 Å². The summed E-state index contributed by atoms with van der Waals surface area (Å²) in [4.78, 5) is 15.0. The number of rotatable bonds is 3. The molecule has 0 aromatic heterocycles. The normalized spacial score (nSPS) is 21.9. The van der Waals surface area contributed by atoms with Crippen LogP contribution in [-0.4, -0.2) is 36.0 Å². The summed E-state index contributed by atoms with van der Waals surface area (Å²) in [5.41, 5.74) is 2.11. The molecule has 1 aliphatic carbocycles. The predicted molar refractivity (Wildman–Crippen MR) is 86.6 cm³/mol. The summed E-state index contributed by atoms with van der Waals surface area (Å²) < 4.78 is 0. The first-order valence-corrected chi connectivity index (χ1v) is 8.19. The molecule has 1 atom stereocenters. The van der Waals surface area contributed by atoms with E-state index in [9.17, 15) is 4.79 Å². The minimum Gasteiger partial charge on any atom is -0.381 e. The lowest BCUT2D eigenvalue weighted by Crippen LogP contribution is -2.52. The summed E-state index contributed by atoms with van der Waals surface area (Å²) in [6.45, 7) is 3.57. The van der Waals surface area contributed by atoms with E-state index in [0.29, 0.717) is 12.6 Å². The van der Waals surface area contributed by atoms with Gasteiger partial charge >= 0.3 is 0 Å². The number of benzene rings is 1. The van der Waals surface area contributed by atoms with Gasteiger partial charge in [-0.3, -0.25) is 4.79 Å². The molecule has 0 bridgehead atoms. The van der Waals surface area contributed by atoms with Crippen LogP contribution in [0.4, 0.5) is 11.4 Å². The van der Waals surface area contributed by atoms with Crippen LogP contribution in [0.15, 0.2) is 24.3 Å². The van der Waals surface area contributed by atoms with Crippen molar-refractivity contribution < 1.29 is 4.79 Å². The first-order valence-electron chi connectivity index (χ1n) is 8.19. The van der Waals surface area contributed by atoms with Crippen LogP contribution < -0.4 is 10.6 Å². The van der Waals surface area contributed by atoms with Gasteiger partial charge in [-0.1, -0.05) is 31.4 Å². The summed E-state index contributed by atoms with van der Waals surface area (Å²) in [5.74, 6) is 0.242. The fourth-order valence-corrected chi connectivity index (χ4v) is 3.55. The number of nitrogens with one attached hydrogen (secondary N) is 2. The van der Waals surface area contributed by atoms with Gasteiger partial charge in [0.2, 0.25) is 5.91 Å². The van der Waals surface area contributed by atoms with Crippen LogP contribution in [0.2, 0.25) is 0 Å². The van der Waals surface area contributed by atoms with E-state index in [-0.39, 0.29) is 11.9 Å². The number of hydrogen-bond acceptors (Lipinski definition) is 3. The van der Waals surface area contributed by atoms with Crippen molar-refractivity contribution in [3.8, 4) is 0 Å². The van der Waals surface area contributed by atoms with E-state index in [2.05, 4.69) is 22.5 Å². The van der Waals surface area contributed by atoms with Gasteiger partial charge in [0.25, 0.3) is 0 Å². The Hall–Kier alpha value is -1.71. The highest BCUT2D eigenvalue weighted by Crippen LogP contribution is 2.27. The molecule has 21 heavy (non-hydrogen) atoms. The molecule has 1 heterocycles. The second-order valence-electron chi connectivity index (χ2n) is 6.04. The Bertz CT molecular complexity index is 497. The van der Waals surface area contributed by atoms with Crippen molar-refractivity contribution in [2.45, 2.75) is 51.1 Å². The zero-order valence-electron chi connectivity index (χ0n) is 12.8. The minimum absolute atomic E-state index is 0.151. The van der Waals surface area contributed by atoms with Gasteiger partial charge in [-0.2, -0.15) is 0 Å². The molecule has 1 aromatic rings. The minimum atomic E-state index is -0.151. The van der Waals surface area contributed by atoms with Crippen molar-refractivity contribution in [2.24, 2.45) is 0 Å². The van der Waals surface area contributed by atoms with Crippen LogP contribution in [0.5, 0.6) is 0 Å². The fraction of sp³-hybridized carbons (Fsp3) is 0.588. The Labute approximate surface area is 126 Å². The summed E-state index contributed by atoms with van der Waals surface area (Å²) in [7, 11) is 0. The molecule has 1 saturated carbocycles. The first kappa shape index (κ1) is 14.2. The quantitative estimate of drug-likeness (QED) is 0.898. The molecule has 1 unspecified atom stereocenters. The molecule has 2 N–H and O–H groups in total. The summed E-state index contributed by atoms with van der Waals surface area (Å²) >= 11 is 0. The van der Waals surface area contributed by atoms with Crippen LogP contribution in [0.25, 0.3) is 0 Å². The number of carbonyl (C=O) groups is 1. The number of likely N-dealkylation sites (N-methyl/N-ethyl adjacent to an activating group) is 1. The molecule has 1 aromatic carbocycles. The molecule has 3 rings (SSSR count). The van der Waals surface area contributed by atoms with Crippen molar-refractivity contribution in [2.75, 3.05) is 23.7 Å². The molecule has 1 aliphatic heterocycles. The Kier molecular flexibility index (Phi) is 4.32. The standard InChI is InChI=1S/C17H25N3O/c1-2-20(13-8-4-3-5-9-13)17(21)16-12-18-14-10-6-7-11-15(14)19-16/h6-7,10-11,13,16,18-19H,2-5,8-9,12H2,1H3. The average Bonchev–Trinajstić information content (AvgIpc) is 2.56. The van der Waals surface area contributed by atoms with E-state index in [4.69, 9.17) is 0 Å². The molecular formula is C17H25N3O. The average molecular weight is 287 g/mol. The zero-order valence-corrected chi connectivity index (χ0v) is 12.8. The molecular weight excluding hydrogens is 262 g/mol. The maximum absolute atomic E-state index is 12.9. The van der Waals surface area contributed by atoms with Crippen molar-refractivity contribution in [1.82, 2.24) is 4.90 Å². The SMILES string of the molecule is CCN(C(=O)C1CNc2ccccc2N1)C1CCCCC1. The first-order chi connectivity index (χ1) is 10.3. The number of para-hydroxylation sites is 2. The number of anilines is 2. The Morgan fingerprint density at radius 3 is 2.62 bits per heavy atom. The van der Waals surface area contributed by atoms with Crippen molar-refractivity contribution in [3.63, 3.8) is 0 Å². The second kappa shape index (κ2) is 6.37. The molecule has 1 amide bonds. The van der Waals surface area contributed by atoms with Crippen molar-refractivity contribution >= 4 is 17.3 Å². The van der Waals surface area contributed by atoms with Gasteiger partial charge in [-0.15, -0.1) is 0 Å². The number of nitrogens with zero attached hydrogens (tertiary/aromatic N) is 1. The van der Waals surface area contributed by atoms with E-state index < -0.39 is 0 Å². The summed E-state index contributed by atoms with van der Waals surface area (Å²) in [6, 6.07) is 8.37. The van der Waals surface area contributed by atoms with Crippen LogP contribution >= 0.6 is 0 Å². The molecule has 4 heteroatoms. The lowest BCUT2D eigenvalue weighted by atomic mass is 9.93. The Balaban J connectivity index is 1.69. The number of hydrogen-bond donors (Lipinski definition) is 2. The lowest BCUT2D eigenvalue weighted by molar-refractivity contribution is -0.134. The topological polar surface area (TPSA) is 44.4 Å². The monoisotopic (exact) mass is 287 g/mol. The maximum Gasteiger partial charge on any atom is 0.247 e. The van der Waals surface area contributed by atoms with Crippen LogP contribution in [0, 0.1) is 0 Å². The Morgan fingerprint density at radius 2 is 1.90 bits per heavy atom. The lowest BCUT2D eigenvalue weighted by Gasteiger charge is -2.37. The Morgan fingerprint density at radius 1 is 1.19 bits per heavy atom. The largest absolute Gasteiger partial charge is 0.381 e. The molecule has 0 saturated heterocycles. The highest BCUT2D eigenvalue weighted by molar-refractivity contribution is 5.88. The highest BCUT2D eigenvalue weighted by atomic mass is 16.2. The second-order valence-corrected chi connectivity index (χ2v) is 6.04. The van der Waals surface area contributed by atoms with Crippen molar-refractivity contribution in [3.05, 3.63) is 24.3 Å². The van der Waals surface area contributed by atoms with E-state index in [1.54, 1.807) is 0 Å². The predicted octanol–water partition coefficient (Wildman–Crippen LogP) is 3.07. The molecule has 0 radical (unpaired) electrons. The van der Waals surface area contributed by atoms with Gasteiger partial charge in [-0.25, -0.2) is 0 Å². The molecule has 114 valence electrons. The number of amides is 1. The third-order valence-electron chi connectivity index (χ3n) is 4.69. The smallest absolute Gasteiger partial charge is 0.247 e. The summed E-state index contributed by atoms with van der Waals surface area (Å²) in [5, 5.41) is 6.76. The highest BCUT2D eigenvalue weighted by Gasteiger charge is 2.31. The molecule has 0 spiro atoms. The third-order valence-corrected chi connectivity index (χ3v) is 4.69. The zero-order chi connectivity index (χ0) is 14.7. The van der Waals surface area contributed by atoms with E-state index in [0.717, 1.165) is 30.8 Å². The van der Waals surface area contributed by atoms with E-state index in [1.165, 1.54) is 19.3 Å². The van der Waals surface area contributed by atoms with Crippen LogP contribution in [0.3, 0.4) is 0 Å². The fourth-order valence-electron chi connectivity index (χ4n) is 3.55.